The van der Waals surface area contributed by atoms with E-state index in [0.717, 1.165) is 0 Å². The third-order valence-electron chi connectivity index (χ3n) is 0.0900. The van der Waals surface area contributed by atoms with E-state index in [2.05, 4.69) is 5.73 Å². The second kappa shape index (κ2) is 1.40. The van der Waals surface area contributed by atoms with Crippen molar-refractivity contribution < 1.29 is 4.79 Å². The van der Waals surface area contributed by atoms with E-state index >= 15 is 0 Å². The Kier molecular flexibility index (Phi) is 1.14. The van der Waals surface area contributed by atoms with Crippen LogP contribution in [-0.2, 0) is 0 Å². The van der Waals surface area contributed by atoms with Crippen LogP contribution in [0.4, 0.5) is 4.79 Å². The summed E-state index contributed by atoms with van der Waals surface area (Å²) < 4.78 is 0. The van der Waals surface area contributed by atoms with Gasteiger partial charge in [-0.1, -0.05) is 0 Å². The topological polar surface area (TPSA) is 74.3 Å². The highest BCUT2D eigenvalue weighted by molar-refractivity contribution is 5.69. The van der Waals surface area contributed by atoms with Crippen LogP contribution in [0.3, 0.4) is 0 Å². The summed E-state index contributed by atoms with van der Waals surface area (Å²) in [6, 6.07) is -1.18. The fourth-order valence-electron chi connectivity index (χ4n) is 0. The fourth-order valence-corrected chi connectivity index (χ4v) is 0. The molecule has 4 heteroatoms. The predicted octanol–water partition coefficient (Wildman–Crippen LogP) is -0.833. The Morgan fingerprint density at radius 1 is 1.80 bits per heavy atom. The highest BCUT2D eigenvalue weighted by Gasteiger charge is 1.96. The maximum absolute atomic E-state index is 9.11. The molecule has 0 rings (SSSR count). The number of carbonyl (C=O) groups excluding carboxylic acids is 1. The monoisotopic (exact) mass is 74.0 g/mol. The summed E-state index contributed by atoms with van der Waals surface area (Å²) in [5, 5.41) is 1.78. The Morgan fingerprint density at radius 3 is 2.00 bits per heavy atom. The normalized spacial score (nSPS) is 6.40. The lowest BCUT2D eigenvalue weighted by Crippen LogP contribution is -2.11. The van der Waals surface area contributed by atoms with E-state index in [1.165, 1.54) is 0 Å². The minimum Gasteiger partial charge on any atom is -0.244 e. The number of amides is 2. The van der Waals surface area contributed by atoms with Gasteiger partial charge in [-0.05, 0) is 4.91 Å². The predicted molar refractivity (Wildman–Crippen MR) is 15.1 cm³/mol. The molecular formula is CH2N2O2+. The van der Waals surface area contributed by atoms with Gasteiger partial charge in [-0.15, -0.1) is 0 Å². The van der Waals surface area contributed by atoms with Gasteiger partial charge in [0.1, 0.15) is 0 Å². The van der Waals surface area contributed by atoms with Crippen molar-refractivity contribution in [2.45, 2.75) is 0 Å². The number of hydrogen-bond acceptors (Lipinski definition) is 2. The number of nitrogens with two attached hydrogens (primary N) is 1. The maximum Gasteiger partial charge on any atom is 0.576 e. The summed E-state index contributed by atoms with van der Waals surface area (Å²) >= 11 is 0. The van der Waals surface area contributed by atoms with Crippen LogP contribution >= 0.6 is 0 Å². The summed E-state index contributed by atoms with van der Waals surface area (Å²) in [5.41, 5.74) is 4.17. The van der Waals surface area contributed by atoms with Gasteiger partial charge >= 0.3 is 6.03 Å². The molecule has 0 aliphatic rings. The minimum atomic E-state index is -1.18. The van der Waals surface area contributed by atoms with Crippen LogP contribution in [0.15, 0.2) is 0 Å². The van der Waals surface area contributed by atoms with Crippen molar-refractivity contribution in [3.63, 3.8) is 0 Å². The first-order chi connectivity index (χ1) is 2.27. The average Bonchev–Trinajstić information content (AvgIpc) is 1.38. The number of urea groups is 1. The molecule has 2 N–H and O–H groups in total. The second-order valence-corrected chi connectivity index (χ2v) is 0.430. The largest absolute Gasteiger partial charge is 0.576 e. The van der Waals surface area contributed by atoms with Crippen molar-refractivity contribution in [2.24, 2.45) is 5.73 Å². The Labute approximate surface area is 27.9 Å². The SMILES string of the molecule is NC(=O)[N+]=O. The lowest BCUT2D eigenvalue weighted by molar-refractivity contribution is 0.253. The number of primary amides is 1. The molecule has 0 atom stereocenters. The van der Waals surface area contributed by atoms with Crippen molar-refractivity contribution in [2.75, 3.05) is 0 Å². The second-order valence-electron chi connectivity index (χ2n) is 0.430. The first-order valence-corrected chi connectivity index (χ1v) is 0.899. The van der Waals surface area contributed by atoms with Gasteiger partial charge in [0.25, 0.3) is 5.18 Å². The van der Waals surface area contributed by atoms with Crippen molar-refractivity contribution in [1.82, 2.24) is 5.18 Å². The molecule has 2 amide bonds. The summed E-state index contributed by atoms with van der Waals surface area (Å²) in [7, 11) is 0. The zero-order chi connectivity index (χ0) is 4.28. The third kappa shape index (κ3) is 3.07. The minimum absolute atomic E-state index is 1.18. The molecule has 4 nitrogen and oxygen atoms in total. The molecule has 27 valence electrons. The van der Waals surface area contributed by atoms with Crippen LogP contribution in [0.25, 0.3) is 0 Å². The quantitative estimate of drug-likeness (QED) is 0.407. The first-order valence-electron chi connectivity index (χ1n) is 0.899. The molecule has 0 heterocycles. The zero-order valence-electron chi connectivity index (χ0n) is 2.34. The highest BCUT2D eigenvalue weighted by Crippen LogP contribution is 1.38. The molecule has 1 radical (unpaired) electrons. The van der Waals surface area contributed by atoms with Crippen LogP contribution in [0.1, 0.15) is 0 Å². The molecule has 0 fully saturated rings. The van der Waals surface area contributed by atoms with Crippen molar-refractivity contribution in [3.8, 4) is 0 Å². The number of nitroso groups, excluding NO2 is 1. The van der Waals surface area contributed by atoms with E-state index in [4.69, 9.17) is 9.70 Å². The summed E-state index contributed by atoms with van der Waals surface area (Å²) in [6.07, 6.45) is 0. The van der Waals surface area contributed by atoms with E-state index in [9.17, 15) is 0 Å². The highest BCUT2D eigenvalue weighted by atomic mass is 16.3. The molecule has 0 bridgehead atoms. The van der Waals surface area contributed by atoms with Crippen LogP contribution in [0, 0.1) is 4.91 Å². The molecule has 0 saturated heterocycles. The molecule has 0 aromatic heterocycles. The Balaban J connectivity index is 3.20. The summed E-state index contributed by atoms with van der Waals surface area (Å²) in [5.74, 6) is 0. The zero-order valence-corrected chi connectivity index (χ0v) is 2.34. The number of hydrogen-bond donors (Lipinski definition) is 1. The van der Waals surface area contributed by atoms with Crippen LogP contribution in [-0.4, -0.2) is 6.03 Å². The summed E-state index contributed by atoms with van der Waals surface area (Å²) in [4.78, 5) is 17.9. The van der Waals surface area contributed by atoms with E-state index in [1.807, 2.05) is 0 Å². The maximum atomic E-state index is 9.11. The number of rotatable bonds is 0. The number of nitrogens with zero attached hydrogens (tertiary/aromatic N) is 1. The van der Waals surface area contributed by atoms with Gasteiger partial charge in [0.05, 0.1) is 0 Å². The van der Waals surface area contributed by atoms with Crippen LogP contribution in [0.5, 0.6) is 0 Å². The van der Waals surface area contributed by atoms with Crippen molar-refractivity contribution in [3.05, 3.63) is 4.91 Å². The molecule has 0 unspecified atom stereocenters. The fraction of sp³-hybridized carbons (Fsp3) is 0. The Morgan fingerprint density at radius 2 is 2.00 bits per heavy atom. The lowest BCUT2D eigenvalue weighted by atomic mass is 11.2. The van der Waals surface area contributed by atoms with Gasteiger partial charge in [-0.3, -0.25) is 0 Å². The molecule has 0 saturated carbocycles. The third-order valence-corrected chi connectivity index (χ3v) is 0.0900. The van der Waals surface area contributed by atoms with E-state index in [0.29, 0.717) is 0 Å². The number of carbonyl (C=O) groups is 1. The van der Waals surface area contributed by atoms with Gasteiger partial charge in [0.2, 0.25) is 0 Å². The molecule has 5 heavy (non-hydrogen) atoms. The van der Waals surface area contributed by atoms with Crippen molar-refractivity contribution in [1.29, 1.82) is 0 Å². The molecular weight excluding hydrogens is 72.0 g/mol. The first kappa shape index (κ1) is 4.07. The molecule has 0 aromatic carbocycles. The average molecular weight is 74.0 g/mol. The van der Waals surface area contributed by atoms with Gasteiger partial charge in [-0.25, -0.2) is 5.73 Å². The van der Waals surface area contributed by atoms with Gasteiger partial charge in [0, 0.05) is 0 Å². The van der Waals surface area contributed by atoms with Gasteiger partial charge in [0.15, 0.2) is 0 Å². The van der Waals surface area contributed by atoms with E-state index < -0.39 is 6.03 Å². The van der Waals surface area contributed by atoms with Crippen molar-refractivity contribution >= 4 is 6.03 Å². The molecule has 0 aliphatic carbocycles. The van der Waals surface area contributed by atoms with Gasteiger partial charge in [-0.2, -0.15) is 4.79 Å². The van der Waals surface area contributed by atoms with Crippen LogP contribution in [0.2, 0.25) is 0 Å². The van der Waals surface area contributed by atoms with E-state index in [-0.39, 0.29) is 0 Å². The smallest absolute Gasteiger partial charge is 0.244 e. The Bertz CT molecular complexity index is 58.7. The molecule has 0 spiro atoms. The van der Waals surface area contributed by atoms with E-state index in [1.54, 1.807) is 5.18 Å². The van der Waals surface area contributed by atoms with Gasteiger partial charge < -0.3 is 0 Å². The van der Waals surface area contributed by atoms with Crippen LogP contribution < -0.4 is 10.9 Å². The standard InChI is InChI=1S/CH2N2O2/c2-1(4)3-5/h(H2,2,4)/q+1. The molecule has 0 aromatic rings. The summed E-state index contributed by atoms with van der Waals surface area (Å²) in [6.45, 7) is 0. The molecule has 0 aliphatic heterocycles. The lowest BCUT2D eigenvalue weighted by Gasteiger charge is -1.43. The Hall–Kier alpha value is -0.930.